The van der Waals surface area contributed by atoms with Gasteiger partial charge in [0.05, 0.1) is 5.03 Å². The molecule has 1 aliphatic rings. The van der Waals surface area contributed by atoms with E-state index in [9.17, 15) is 4.79 Å². The normalized spacial score (nSPS) is 19.0. The van der Waals surface area contributed by atoms with E-state index < -0.39 is 0 Å². The predicted octanol–water partition coefficient (Wildman–Crippen LogP) is 4.39. The Bertz CT molecular complexity index is 629. The first-order valence-electron chi connectivity index (χ1n) is 6.30. The van der Waals surface area contributed by atoms with Crippen LogP contribution in [0, 0.1) is 0 Å². The second kappa shape index (κ2) is 5.02. The standard InChI is InChI=1S/C17H13ClO/c18-17-15(19)11-14(12-7-3-1-4-8-12)16(17)13-9-5-2-6-10-13/h1-10,14H,11H2. The van der Waals surface area contributed by atoms with Crippen LogP contribution >= 0.6 is 11.6 Å². The van der Waals surface area contributed by atoms with Crippen molar-refractivity contribution in [3.05, 3.63) is 76.8 Å². The lowest BCUT2D eigenvalue weighted by Gasteiger charge is -2.15. The van der Waals surface area contributed by atoms with Gasteiger partial charge in [0.1, 0.15) is 0 Å². The highest BCUT2D eigenvalue weighted by molar-refractivity contribution is 6.47. The quantitative estimate of drug-likeness (QED) is 0.789. The van der Waals surface area contributed by atoms with Gasteiger partial charge in [-0.2, -0.15) is 0 Å². The molecule has 0 saturated carbocycles. The van der Waals surface area contributed by atoms with Gasteiger partial charge in [-0.25, -0.2) is 0 Å². The third kappa shape index (κ3) is 2.22. The molecule has 0 spiro atoms. The van der Waals surface area contributed by atoms with E-state index in [1.54, 1.807) is 0 Å². The van der Waals surface area contributed by atoms with Crippen molar-refractivity contribution in [1.82, 2.24) is 0 Å². The molecule has 0 bridgehead atoms. The first-order chi connectivity index (χ1) is 9.27. The van der Waals surface area contributed by atoms with Crippen LogP contribution in [-0.4, -0.2) is 5.78 Å². The summed E-state index contributed by atoms with van der Waals surface area (Å²) in [4.78, 5) is 12.0. The number of hydrogen-bond acceptors (Lipinski definition) is 1. The average molecular weight is 269 g/mol. The number of benzene rings is 2. The minimum absolute atomic E-state index is 0.0365. The molecule has 1 atom stereocenters. The van der Waals surface area contributed by atoms with Crippen molar-refractivity contribution >= 4 is 23.0 Å². The van der Waals surface area contributed by atoms with E-state index >= 15 is 0 Å². The van der Waals surface area contributed by atoms with Crippen LogP contribution in [0.3, 0.4) is 0 Å². The Labute approximate surface area is 117 Å². The molecule has 0 saturated heterocycles. The monoisotopic (exact) mass is 268 g/mol. The maximum Gasteiger partial charge on any atom is 0.175 e. The van der Waals surface area contributed by atoms with Crippen molar-refractivity contribution in [2.24, 2.45) is 0 Å². The summed E-state index contributed by atoms with van der Waals surface area (Å²) in [5.41, 5.74) is 3.14. The Morgan fingerprint density at radius 1 is 0.895 bits per heavy atom. The van der Waals surface area contributed by atoms with Crippen molar-refractivity contribution in [3.63, 3.8) is 0 Å². The van der Waals surface area contributed by atoms with Gasteiger partial charge in [0.15, 0.2) is 5.78 Å². The highest BCUT2D eigenvalue weighted by Gasteiger charge is 2.32. The van der Waals surface area contributed by atoms with E-state index in [1.807, 2.05) is 48.5 Å². The van der Waals surface area contributed by atoms with Crippen molar-refractivity contribution in [2.75, 3.05) is 0 Å². The van der Waals surface area contributed by atoms with Crippen LogP contribution < -0.4 is 0 Å². The Morgan fingerprint density at radius 2 is 1.47 bits per heavy atom. The minimum atomic E-state index is 0.0365. The molecule has 0 heterocycles. The van der Waals surface area contributed by atoms with E-state index in [-0.39, 0.29) is 11.7 Å². The molecule has 0 amide bonds. The zero-order valence-corrected chi connectivity index (χ0v) is 11.1. The molecule has 19 heavy (non-hydrogen) atoms. The van der Waals surface area contributed by atoms with Crippen molar-refractivity contribution < 1.29 is 4.79 Å². The molecule has 2 aromatic rings. The number of carbonyl (C=O) groups is 1. The lowest BCUT2D eigenvalue weighted by atomic mass is 9.89. The molecular weight excluding hydrogens is 256 g/mol. The van der Waals surface area contributed by atoms with Gasteiger partial charge in [-0.1, -0.05) is 72.3 Å². The Hall–Kier alpha value is -1.86. The number of allylic oxidation sites excluding steroid dienone is 2. The third-order valence-electron chi connectivity index (χ3n) is 3.51. The number of ketones is 1. The van der Waals surface area contributed by atoms with E-state index in [0.717, 1.165) is 16.7 Å². The summed E-state index contributed by atoms with van der Waals surface area (Å²) in [5.74, 6) is 0.109. The summed E-state index contributed by atoms with van der Waals surface area (Å²) in [7, 11) is 0. The van der Waals surface area contributed by atoms with E-state index in [4.69, 9.17) is 11.6 Å². The van der Waals surface area contributed by atoms with Gasteiger partial charge in [0, 0.05) is 12.3 Å². The molecule has 1 aliphatic carbocycles. The lowest BCUT2D eigenvalue weighted by Crippen LogP contribution is -1.99. The number of rotatable bonds is 2. The summed E-state index contributed by atoms with van der Waals surface area (Å²) in [6.07, 6.45) is 0.465. The van der Waals surface area contributed by atoms with Crippen LogP contribution in [0.25, 0.3) is 5.57 Å². The largest absolute Gasteiger partial charge is 0.293 e. The fourth-order valence-corrected chi connectivity index (χ4v) is 2.91. The topological polar surface area (TPSA) is 17.1 Å². The van der Waals surface area contributed by atoms with Crippen LogP contribution in [0.4, 0.5) is 0 Å². The molecule has 0 fully saturated rings. The van der Waals surface area contributed by atoms with Crippen molar-refractivity contribution in [2.45, 2.75) is 12.3 Å². The second-order valence-corrected chi connectivity index (χ2v) is 5.06. The fourth-order valence-electron chi connectivity index (χ4n) is 2.60. The van der Waals surface area contributed by atoms with Crippen LogP contribution in [0.2, 0.25) is 0 Å². The summed E-state index contributed by atoms with van der Waals surface area (Å²) >= 11 is 6.24. The number of halogens is 1. The van der Waals surface area contributed by atoms with Crippen molar-refractivity contribution in [3.8, 4) is 0 Å². The SMILES string of the molecule is O=C1CC(c2ccccc2)C(c2ccccc2)=C1Cl. The highest BCUT2D eigenvalue weighted by atomic mass is 35.5. The zero-order chi connectivity index (χ0) is 13.2. The number of carbonyl (C=O) groups excluding carboxylic acids is 1. The van der Waals surface area contributed by atoms with Gasteiger partial charge in [0.2, 0.25) is 0 Å². The molecule has 1 unspecified atom stereocenters. The molecule has 3 rings (SSSR count). The Kier molecular flexibility index (Phi) is 3.22. The van der Waals surface area contributed by atoms with Gasteiger partial charge in [-0.3, -0.25) is 4.79 Å². The van der Waals surface area contributed by atoms with Crippen LogP contribution in [-0.2, 0) is 4.79 Å². The third-order valence-corrected chi connectivity index (χ3v) is 3.92. The molecule has 0 N–H and O–H groups in total. The maximum absolute atomic E-state index is 12.0. The van der Waals surface area contributed by atoms with E-state index in [0.29, 0.717) is 11.5 Å². The van der Waals surface area contributed by atoms with Crippen molar-refractivity contribution in [1.29, 1.82) is 0 Å². The second-order valence-electron chi connectivity index (χ2n) is 4.68. The Morgan fingerprint density at radius 3 is 2.11 bits per heavy atom. The molecular formula is C17H13ClO. The van der Waals surface area contributed by atoms with Gasteiger partial charge < -0.3 is 0 Å². The highest BCUT2D eigenvalue weighted by Crippen LogP contribution is 2.44. The van der Waals surface area contributed by atoms with Crippen LogP contribution in [0.1, 0.15) is 23.5 Å². The maximum atomic E-state index is 12.0. The van der Waals surface area contributed by atoms with E-state index in [2.05, 4.69) is 12.1 Å². The van der Waals surface area contributed by atoms with Gasteiger partial charge in [-0.05, 0) is 16.7 Å². The average Bonchev–Trinajstić information content (AvgIpc) is 2.77. The van der Waals surface area contributed by atoms with E-state index in [1.165, 1.54) is 0 Å². The molecule has 94 valence electrons. The van der Waals surface area contributed by atoms with Gasteiger partial charge >= 0.3 is 0 Å². The lowest BCUT2D eigenvalue weighted by molar-refractivity contribution is -0.114. The van der Waals surface area contributed by atoms with Gasteiger partial charge in [0.25, 0.3) is 0 Å². The summed E-state index contributed by atoms with van der Waals surface area (Å²) in [6, 6.07) is 20.0. The molecule has 0 radical (unpaired) electrons. The first-order valence-corrected chi connectivity index (χ1v) is 6.68. The predicted molar refractivity (Wildman–Crippen MR) is 78.0 cm³/mol. The minimum Gasteiger partial charge on any atom is -0.293 e. The summed E-state index contributed by atoms with van der Waals surface area (Å²) in [5, 5.41) is 0.389. The smallest absolute Gasteiger partial charge is 0.175 e. The molecule has 0 aromatic heterocycles. The number of Topliss-reactive ketones (excluding diaryl/α,β-unsaturated/α-hetero) is 1. The molecule has 2 aromatic carbocycles. The number of hydrogen-bond donors (Lipinski definition) is 0. The summed E-state index contributed by atoms with van der Waals surface area (Å²) < 4.78 is 0. The molecule has 0 aliphatic heterocycles. The van der Waals surface area contributed by atoms with Gasteiger partial charge in [-0.15, -0.1) is 0 Å². The van der Waals surface area contributed by atoms with Crippen LogP contribution in [0.5, 0.6) is 0 Å². The molecule has 2 heteroatoms. The fraction of sp³-hybridized carbons (Fsp3) is 0.118. The Balaban J connectivity index is 2.10. The summed E-state index contributed by atoms with van der Waals surface area (Å²) in [6.45, 7) is 0. The van der Waals surface area contributed by atoms with Crippen LogP contribution in [0.15, 0.2) is 65.7 Å². The molecule has 1 nitrogen and oxygen atoms in total. The first kappa shape index (κ1) is 12.2. The zero-order valence-electron chi connectivity index (χ0n) is 10.3.